The largest absolute Gasteiger partial charge is 0.391 e. The number of carbonyl (C=O) groups is 1. The summed E-state index contributed by atoms with van der Waals surface area (Å²) in [5.74, 6) is -0.578. The molecule has 2 heterocycles. The zero-order chi connectivity index (χ0) is 18.0. The number of aryl methyl sites for hydroxylation is 1. The number of aliphatic hydroxyl groups is 1. The van der Waals surface area contributed by atoms with Crippen molar-refractivity contribution in [3.63, 3.8) is 0 Å². The summed E-state index contributed by atoms with van der Waals surface area (Å²) in [5.41, 5.74) is -0.767. The summed E-state index contributed by atoms with van der Waals surface area (Å²) in [5, 5.41) is 12.3. The molecule has 0 unspecified atom stereocenters. The van der Waals surface area contributed by atoms with E-state index >= 15 is 0 Å². The Hall–Kier alpha value is -1.97. The number of amides is 1. The normalized spacial score (nSPS) is 27.9. The first-order valence-corrected chi connectivity index (χ1v) is 7.74. The smallest absolute Gasteiger partial charge is 0.330 e. The van der Waals surface area contributed by atoms with Crippen LogP contribution in [-0.4, -0.2) is 52.5 Å². The SMILES string of the molecule is CNC(=O)CO[C@@H]1[C@H](C)[C@@H]([C@H](C)O)O[C@H]1n1cc(C)c(=O)[nH]c1=O. The van der Waals surface area contributed by atoms with Gasteiger partial charge in [-0.3, -0.25) is 19.1 Å². The van der Waals surface area contributed by atoms with Crippen LogP contribution < -0.4 is 16.6 Å². The van der Waals surface area contributed by atoms with Crippen molar-refractivity contribution in [1.82, 2.24) is 14.9 Å². The number of likely N-dealkylation sites (N-methyl/N-ethyl adjacent to an activating group) is 1. The fourth-order valence-electron chi connectivity index (χ4n) is 2.84. The molecule has 0 saturated carbocycles. The quantitative estimate of drug-likeness (QED) is 0.624. The van der Waals surface area contributed by atoms with E-state index in [0.29, 0.717) is 5.56 Å². The Bertz CT molecular complexity index is 710. The number of hydrogen-bond donors (Lipinski definition) is 3. The molecule has 3 N–H and O–H groups in total. The van der Waals surface area contributed by atoms with Crippen LogP contribution >= 0.6 is 0 Å². The van der Waals surface area contributed by atoms with Crippen molar-refractivity contribution < 1.29 is 19.4 Å². The second-order valence-electron chi connectivity index (χ2n) is 6.02. The summed E-state index contributed by atoms with van der Waals surface area (Å²) in [6, 6.07) is 0. The highest BCUT2D eigenvalue weighted by Crippen LogP contribution is 2.36. The number of nitrogens with zero attached hydrogens (tertiary/aromatic N) is 1. The highest BCUT2D eigenvalue weighted by atomic mass is 16.6. The third kappa shape index (κ3) is 3.58. The van der Waals surface area contributed by atoms with Crippen molar-refractivity contribution in [1.29, 1.82) is 0 Å². The number of carbonyl (C=O) groups excluding carboxylic acids is 1. The number of rotatable bonds is 5. The van der Waals surface area contributed by atoms with Crippen LogP contribution in [0, 0.1) is 12.8 Å². The molecule has 0 aliphatic carbocycles. The monoisotopic (exact) mass is 341 g/mol. The van der Waals surface area contributed by atoms with Crippen molar-refractivity contribution in [2.45, 2.75) is 45.3 Å². The van der Waals surface area contributed by atoms with Crippen LogP contribution in [0.1, 0.15) is 25.6 Å². The fourth-order valence-corrected chi connectivity index (χ4v) is 2.84. The molecule has 134 valence electrons. The van der Waals surface area contributed by atoms with Crippen LogP contribution in [0.3, 0.4) is 0 Å². The minimum Gasteiger partial charge on any atom is -0.391 e. The molecule has 24 heavy (non-hydrogen) atoms. The van der Waals surface area contributed by atoms with Gasteiger partial charge in [-0.25, -0.2) is 4.79 Å². The third-order valence-corrected chi connectivity index (χ3v) is 4.20. The number of nitrogens with one attached hydrogen (secondary N) is 2. The summed E-state index contributed by atoms with van der Waals surface area (Å²) in [4.78, 5) is 37.3. The van der Waals surface area contributed by atoms with Crippen molar-refractivity contribution in [2.24, 2.45) is 5.92 Å². The lowest BCUT2D eigenvalue weighted by Crippen LogP contribution is -2.39. The molecule has 1 aromatic heterocycles. The number of hydrogen-bond acceptors (Lipinski definition) is 6. The average Bonchev–Trinajstić information content (AvgIpc) is 2.85. The Morgan fingerprint density at radius 3 is 2.79 bits per heavy atom. The lowest BCUT2D eigenvalue weighted by atomic mass is 9.97. The molecule has 1 fully saturated rings. The Morgan fingerprint density at radius 2 is 2.21 bits per heavy atom. The van der Waals surface area contributed by atoms with Gasteiger partial charge in [0.15, 0.2) is 6.23 Å². The van der Waals surface area contributed by atoms with Gasteiger partial charge in [0.2, 0.25) is 5.91 Å². The molecular weight excluding hydrogens is 318 g/mol. The summed E-state index contributed by atoms with van der Waals surface area (Å²) < 4.78 is 12.7. The van der Waals surface area contributed by atoms with E-state index in [9.17, 15) is 19.5 Å². The minimum absolute atomic E-state index is 0.199. The molecule has 0 aromatic carbocycles. The van der Waals surface area contributed by atoms with Crippen molar-refractivity contribution >= 4 is 5.91 Å². The topological polar surface area (TPSA) is 123 Å². The molecule has 1 aromatic rings. The van der Waals surface area contributed by atoms with Gasteiger partial charge in [0.1, 0.15) is 12.7 Å². The predicted molar refractivity (Wildman–Crippen MR) is 84.6 cm³/mol. The number of aromatic nitrogens is 2. The molecule has 2 rings (SSSR count). The van der Waals surface area contributed by atoms with E-state index in [4.69, 9.17) is 9.47 Å². The number of H-pyrrole nitrogens is 1. The number of aliphatic hydroxyl groups excluding tert-OH is 1. The van der Waals surface area contributed by atoms with Gasteiger partial charge in [-0.05, 0) is 13.8 Å². The first-order chi connectivity index (χ1) is 11.3. The Balaban J connectivity index is 2.37. The Morgan fingerprint density at radius 1 is 1.54 bits per heavy atom. The summed E-state index contributed by atoms with van der Waals surface area (Å²) >= 11 is 0. The van der Waals surface area contributed by atoms with Crippen LogP contribution in [0.4, 0.5) is 0 Å². The van der Waals surface area contributed by atoms with E-state index < -0.39 is 35.8 Å². The van der Waals surface area contributed by atoms with E-state index in [1.807, 2.05) is 6.92 Å². The van der Waals surface area contributed by atoms with Crippen LogP contribution in [-0.2, 0) is 14.3 Å². The van der Waals surface area contributed by atoms with Gasteiger partial charge < -0.3 is 19.9 Å². The molecule has 9 nitrogen and oxygen atoms in total. The van der Waals surface area contributed by atoms with Gasteiger partial charge >= 0.3 is 5.69 Å². The van der Waals surface area contributed by atoms with Crippen LogP contribution in [0.5, 0.6) is 0 Å². The first kappa shape index (κ1) is 18.4. The van der Waals surface area contributed by atoms with E-state index in [1.54, 1.807) is 13.8 Å². The minimum atomic E-state index is -0.854. The lowest BCUT2D eigenvalue weighted by molar-refractivity contribution is -0.131. The maximum atomic E-state index is 12.1. The van der Waals surface area contributed by atoms with E-state index in [-0.39, 0.29) is 18.4 Å². The zero-order valence-electron chi connectivity index (χ0n) is 14.1. The van der Waals surface area contributed by atoms with Gasteiger partial charge in [-0.15, -0.1) is 0 Å². The van der Waals surface area contributed by atoms with Crippen LogP contribution in [0.15, 0.2) is 15.8 Å². The van der Waals surface area contributed by atoms with Crippen molar-refractivity contribution in [2.75, 3.05) is 13.7 Å². The average molecular weight is 341 g/mol. The Kier molecular flexibility index (Phi) is 5.58. The maximum Gasteiger partial charge on any atom is 0.330 e. The molecule has 5 atom stereocenters. The van der Waals surface area contributed by atoms with Gasteiger partial charge in [-0.2, -0.15) is 0 Å². The maximum absolute atomic E-state index is 12.1. The van der Waals surface area contributed by atoms with Gasteiger partial charge in [0.05, 0.1) is 12.2 Å². The number of ether oxygens (including phenoxy) is 2. The molecule has 1 aliphatic heterocycles. The fraction of sp³-hybridized carbons (Fsp3) is 0.667. The first-order valence-electron chi connectivity index (χ1n) is 7.74. The molecule has 1 saturated heterocycles. The summed E-state index contributed by atoms with van der Waals surface area (Å²) in [7, 11) is 1.49. The van der Waals surface area contributed by atoms with Crippen molar-refractivity contribution in [3.05, 3.63) is 32.6 Å². The van der Waals surface area contributed by atoms with E-state index in [2.05, 4.69) is 10.3 Å². The third-order valence-electron chi connectivity index (χ3n) is 4.20. The summed E-state index contributed by atoms with van der Waals surface area (Å²) in [6.07, 6.45) is -1.45. The predicted octanol–water partition coefficient (Wildman–Crippen LogP) is -1.11. The second-order valence-corrected chi connectivity index (χ2v) is 6.02. The molecule has 0 spiro atoms. The second kappa shape index (κ2) is 7.29. The van der Waals surface area contributed by atoms with Crippen LogP contribution in [0.2, 0.25) is 0 Å². The highest BCUT2D eigenvalue weighted by molar-refractivity contribution is 5.76. The van der Waals surface area contributed by atoms with Gasteiger partial charge in [0.25, 0.3) is 5.56 Å². The van der Waals surface area contributed by atoms with Gasteiger partial charge in [0, 0.05) is 24.7 Å². The molecule has 0 radical (unpaired) electrons. The molecular formula is C15H23N3O6. The lowest BCUT2D eigenvalue weighted by Gasteiger charge is -2.23. The van der Waals surface area contributed by atoms with Crippen molar-refractivity contribution in [3.8, 4) is 0 Å². The standard InChI is InChI=1S/C15H23N3O6/c1-7-5-18(15(22)17-13(7)21)14-12(23-6-10(20)16-4)8(2)11(24-14)9(3)19/h5,8-9,11-12,14,19H,6H2,1-4H3,(H,16,20)(H,17,21,22)/t8-,9+,11+,12-,14-/m1/s1. The summed E-state index contributed by atoms with van der Waals surface area (Å²) in [6.45, 7) is 4.77. The Labute approximate surface area is 138 Å². The number of aromatic amines is 1. The zero-order valence-corrected chi connectivity index (χ0v) is 14.1. The highest BCUT2D eigenvalue weighted by Gasteiger charge is 2.46. The molecule has 0 bridgehead atoms. The van der Waals surface area contributed by atoms with E-state index in [1.165, 1.54) is 17.8 Å². The molecule has 9 heteroatoms. The molecule has 1 aliphatic rings. The molecule has 1 amide bonds. The van der Waals surface area contributed by atoms with Crippen LogP contribution in [0.25, 0.3) is 0 Å². The van der Waals surface area contributed by atoms with Gasteiger partial charge in [-0.1, -0.05) is 6.92 Å². The van der Waals surface area contributed by atoms with E-state index in [0.717, 1.165) is 0 Å².